The minimum absolute atomic E-state index is 0. The van der Waals surface area contributed by atoms with Crippen LogP contribution in [0.1, 0.15) is 35.5 Å². The zero-order chi connectivity index (χ0) is 10.7. The summed E-state index contributed by atoms with van der Waals surface area (Å²) >= 11 is 0. The summed E-state index contributed by atoms with van der Waals surface area (Å²) in [7, 11) is 0. The van der Waals surface area contributed by atoms with Gasteiger partial charge in [0.1, 0.15) is 0 Å². The first-order valence-electron chi connectivity index (χ1n) is 5.01. The van der Waals surface area contributed by atoms with Gasteiger partial charge in [-0.3, -0.25) is 9.59 Å². The monoisotopic (exact) mass is 242 g/mol. The molecule has 0 bridgehead atoms. The Morgan fingerprint density at radius 1 is 1.20 bits per heavy atom. The summed E-state index contributed by atoms with van der Waals surface area (Å²) in [4.78, 5) is 21.7. The number of carboxylic acid groups (broad SMARTS) is 2. The second-order valence-corrected chi connectivity index (χ2v) is 3.98. The Hall–Kier alpha value is 0.200. The van der Waals surface area contributed by atoms with E-state index in [0.29, 0.717) is 18.8 Å². The number of hydrogen-bond acceptors (Lipinski definition) is 2. The van der Waals surface area contributed by atoms with Crippen molar-refractivity contribution in [1.29, 1.82) is 0 Å². The molecule has 0 aromatic carbocycles. The van der Waals surface area contributed by atoms with Gasteiger partial charge in [-0.15, -0.1) is 0 Å². The Morgan fingerprint density at radius 3 is 2.13 bits per heavy atom. The summed E-state index contributed by atoms with van der Waals surface area (Å²) < 4.78 is 0. The summed E-state index contributed by atoms with van der Waals surface area (Å²) in [6.07, 6.45) is 2.81. The largest absolute Gasteiger partial charge is 2.00 e. The van der Waals surface area contributed by atoms with Crippen LogP contribution in [0.4, 0.5) is 0 Å². The number of aliphatic carboxylic acids is 2. The first-order chi connectivity index (χ1) is 6.56. The van der Waals surface area contributed by atoms with Gasteiger partial charge in [-0.2, -0.15) is 0 Å². The van der Waals surface area contributed by atoms with Crippen LogP contribution in [-0.2, 0) is 9.59 Å². The van der Waals surface area contributed by atoms with Crippen molar-refractivity contribution in [2.24, 2.45) is 17.8 Å². The maximum Gasteiger partial charge on any atom is 2.00 e. The molecular formula is C10H18CaO4. The van der Waals surface area contributed by atoms with Crippen LogP contribution in [0.15, 0.2) is 0 Å². The molecule has 0 aromatic rings. The number of hydrogen-bond donors (Lipinski definition) is 2. The zero-order valence-corrected chi connectivity index (χ0v) is 11.2. The van der Waals surface area contributed by atoms with Crippen molar-refractivity contribution in [2.45, 2.75) is 32.6 Å². The smallest absolute Gasteiger partial charge is 1.00 e. The van der Waals surface area contributed by atoms with E-state index in [0.717, 1.165) is 12.8 Å². The minimum atomic E-state index is -0.966. The molecule has 84 valence electrons. The van der Waals surface area contributed by atoms with Gasteiger partial charge in [0.15, 0.2) is 0 Å². The van der Waals surface area contributed by atoms with Crippen molar-refractivity contribution >= 4 is 49.7 Å². The van der Waals surface area contributed by atoms with E-state index in [2.05, 4.69) is 0 Å². The summed E-state index contributed by atoms with van der Waals surface area (Å²) in [5.74, 6) is -2.92. The Bertz CT molecular complexity index is 250. The average molecular weight is 242 g/mol. The van der Waals surface area contributed by atoms with E-state index in [1.54, 1.807) is 0 Å². The first kappa shape index (κ1) is 15.2. The predicted molar refractivity (Wildman–Crippen MR) is 57.9 cm³/mol. The quantitative estimate of drug-likeness (QED) is 0.734. The summed E-state index contributed by atoms with van der Waals surface area (Å²) in [6.45, 7) is 2.02. The fourth-order valence-corrected chi connectivity index (χ4v) is 2.20. The van der Waals surface area contributed by atoms with Crippen molar-refractivity contribution in [3.05, 3.63) is 0 Å². The molecule has 0 radical (unpaired) electrons. The summed E-state index contributed by atoms with van der Waals surface area (Å²) in [5.41, 5.74) is 0. The molecule has 0 aliphatic heterocycles. The van der Waals surface area contributed by atoms with Gasteiger partial charge in [0.05, 0.1) is 11.8 Å². The van der Waals surface area contributed by atoms with Crippen molar-refractivity contribution < 1.29 is 22.7 Å². The molecule has 2 N–H and O–H groups in total. The molecule has 15 heavy (non-hydrogen) atoms. The second kappa shape index (κ2) is 6.71. The van der Waals surface area contributed by atoms with Crippen molar-refractivity contribution in [2.75, 3.05) is 0 Å². The van der Waals surface area contributed by atoms with Crippen LogP contribution >= 0.6 is 0 Å². The van der Waals surface area contributed by atoms with Gasteiger partial charge in [-0.25, -0.2) is 0 Å². The van der Waals surface area contributed by atoms with Gasteiger partial charge in [0.25, 0.3) is 0 Å². The van der Waals surface area contributed by atoms with Crippen LogP contribution in [0, 0.1) is 17.8 Å². The van der Waals surface area contributed by atoms with Crippen LogP contribution in [-0.4, -0.2) is 59.9 Å². The predicted octanol–water partition coefficient (Wildman–Crippen LogP) is 1.44. The summed E-state index contributed by atoms with van der Waals surface area (Å²) in [6, 6.07) is 0. The van der Waals surface area contributed by atoms with E-state index >= 15 is 0 Å². The van der Waals surface area contributed by atoms with Gasteiger partial charge in [-0.1, -0.05) is 13.3 Å². The Morgan fingerprint density at radius 2 is 1.73 bits per heavy atom. The maximum absolute atomic E-state index is 10.9. The standard InChI is InChI=1S/C10H16O4.Ca.2H/c1-2-6-3-4-7(9(11)12)8(5-6)10(13)14;;;/h6-8H,2-5H2,1H3,(H,11,12)(H,13,14);;;/q;+2;2*-1. The fraction of sp³-hybridized carbons (Fsp3) is 0.800. The van der Waals surface area contributed by atoms with Crippen molar-refractivity contribution in [3.63, 3.8) is 0 Å². The van der Waals surface area contributed by atoms with E-state index in [-0.39, 0.29) is 40.6 Å². The van der Waals surface area contributed by atoms with Gasteiger partial charge in [-0.05, 0) is 25.2 Å². The molecule has 1 aliphatic carbocycles. The Labute approximate surface area is 122 Å². The molecule has 0 spiro atoms. The van der Waals surface area contributed by atoms with Crippen molar-refractivity contribution in [1.82, 2.24) is 0 Å². The van der Waals surface area contributed by atoms with E-state index in [4.69, 9.17) is 10.2 Å². The average Bonchev–Trinajstić information content (AvgIpc) is 2.16. The molecule has 0 heterocycles. The topological polar surface area (TPSA) is 74.6 Å². The fourth-order valence-electron chi connectivity index (χ4n) is 2.20. The third-order valence-corrected chi connectivity index (χ3v) is 3.17. The van der Waals surface area contributed by atoms with Gasteiger partial charge < -0.3 is 13.1 Å². The van der Waals surface area contributed by atoms with E-state index in [1.807, 2.05) is 6.92 Å². The first-order valence-corrected chi connectivity index (χ1v) is 5.01. The molecule has 0 saturated heterocycles. The molecule has 3 unspecified atom stereocenters. The van der Waals surface area contributed by atoms with E-state index in [1.165, 1.54) is 0 Å². The molecule has 4 nitrogen and oxygen atoms in total. The third-order valence-electron chi connectivity index (χ3n) is 3.17. The maximum atomic E-state index is 10.9. The molecular weight excluding hydrogens is 224 g/mol. The van der Waals surface area contributed by atoms with E-state index < -0.39 is 23.8 Å². The molecule has 0 amide bonds. The molecule has 1 aliphatic rings. The molecule has 3 atom stereocenters. The van der Waals surface area contributed by atoms with Crippen LogP contribution in [0.25, 0.3) is 0 Å². The van der Waals surface area contributed by atoms with Crippen LogP contribution in [0.3, 0.4) is 0 Å². The Kier molecular flexibility index (Phi) is 6.80. The van der Waals surface area contributed by atoms with E-state index in [9.17, 15) is 9.59 Å². The third kappa shape index (κ3) is 3.93. The minimum Gasteiger partial charge on any atom is -1.00 e. The number of rotatable bonds is 3. The van der Waals surface area contributed by atoms with Gasteiger partial charge >= 0.3 is 49.7 Å². The van der Waals surface area contributed by atoms with Crippen LogP contribution in [0.2, 0.25) is 0 Å². The molecule has 0 aromatic heterocycles. The number of carbonyl (C=O) groups is 2. The Balaban J connectivity index is -0.000000653. The summed E-state index contributed by atoms with van der Waals surface area (Å²) in [5, 5.41) is 17.8. The van der Waals surface area contributed by atoms with Crippen molar-refractivity contribution in [3.8, 4) is 0 Å². The zero-order valence-electron chi connectivity index (χ0n) is 11.0. The normalized spacial score (nSPS) is 30.3. The SMILES string of the molecule is CCC1CCC(C(=O)O)C(C(=O)O)C1.[Ca+2].[H-].[H-]. The van der Waals surface area contributed by atoms with Crippen LogP contribution < -0.4 is 0 Å². The molecule has 1 saturated carbocycles. The van der Waals surface area contributed by atoms with Gasteiger partial charge in [0.2, 0.25) is 0 Å². The molecule has 1 fully saturated rings. The van der Waals surface area contributed by atoms with Crippen LogP contribution in [0.5, 0.6) is 0 Å². The number of carboxylic acids is 2. The second-order valence-electron chi connectivity index (χ2n) is 3.98. The molecule has 5 heteroatoms. The van der Waals surface area contributed by atoms with Gasteiger partial charge in [0, 0.05) is 0 Å². The molecule has 1 rings (SSSR count).